The summed E-state index contributed by atoms with van der Waals surface area (Å²) in [5.41, 5.74) is 13.3. The Kier molecular flexibility index (Phi) is 4.21. The Morgan fingerprint density at radius 2 is 1.32 bits per heavy atom. The fourth-order valence-electron chi connectivity index (χ4n) is 6.80. The summed E-state index contributed by atoms with van der Waals surface area (Å²) in [4.78, 5) is 8.10. The van der Waals surface area contributed by atoms with Crippen LogP contribution in [0.3, 0.4) is 0 Å². The maximum Gasteiger partial charge on any atom is 0.333 e. The molecule has 0 bridgehead atoms. The SMILES string of the molecule is Cc1cc2c3c(c1)N(c1ccccc1)c1ccccc1B3N1c3ccccc3S(C)(C)c3cccc-2c31. The Balaban J connectivity index is 1.54. The highest BCUT2D eigenvalue weighted by Gasteiger charge is 2.48. The number of aryl methyl sites for hydroxylation is 1. The van der Waals surface area contributed by atoms with Gasteiger partial charge < -0.3 is 9.71 Å². The minimum absolute atomic E-state index is 0.118. The van der Waals surface area contributed by atoms with Crippen LogP contribution in [0.1, 0.15) is 5.56 Å². The molecule has 37 heavy (non-hydrogen) atoms. The second-order valence-corrected chi connectivity index (χ2v) is 14.2. The zero-order valence-electron chi connectivity index (χ0n) is 21.3. The van der Waals surface area contributed by atoms with Crippen molar-refractivity contribution in [3.8, 4) is 11.1 Å². The molecule has 0 unspecified atom stereocenters. The summed E-state index contributed by atoms with van der Waals surface area (Å²) in [5, 5.41) is 0. The van der Waals surface area contributed by atoms with Gasteiger partial charge in [0.15, 0.2) is 0 Å². The first-order valence-electron chi connectivity index (χ1n) is 12.9. The zero-order valence-corrected chi connectivity index (χ0v) is 22.1. The maximum atomic E-state index is 2.67. The minimum Gasteiger partial charge on any atom is -0.375 e. The highest BCUT2D eigenvalue weighted by molar-refractivity contribution is 8.33. The number of anilines is 5. The number of rotatable bonds is 1. The Bertz CT molecular complexity index is 1740. The quantitative estimate of drug-likeness (QED) is 0.223. The molecule has 3 aliphatic heterocycles. The van der Waals surface area contributed by atoms with E-state index in [2.05, 4.69) is 138 Å². The molecule has 4 heteroatoms. The molecule has 3 heterocycles. The smallest absolute Gasteiger partial charge is 0.333 e. The van der Waals surface area contributed by atoms with Gasteiger partial charge in [-0.2, -0.15) is 10.0 Å². The normalized spacial score (nSPS) is 16.4. The van der Waals surface area contributed by atoms with E-state index >= 15 is 0 Å². The molecule has 2 nitrogen and oxygen atoms in total. The Labute approximate surface area is 220 Å². The van der Waals surface area contributed by atoms with Crippen molar-refractivity contribution in [1.29, 1.82) is 0 Å². The first-order chi connectivity index (χ1) is 18.1. The first kappa shape index (κ1) is 21.2. The number of hydrogen-bond acceptors (Lipinski definition) is 2. The third-order valence-corrected chi connectivity index (χ3v) is 11.2. The second-order valence-electron chi connectivity index (χ2n) is 10.7. The third kappa shape index (κ3) is 2.69. The molecule has 0 spiro atoms. The number of nitrogens with zero attached hydrogens (tertiary/aromatic N) is 2. The maximum absolute atomic E-state index is 2.67. The lowest BCUT2D eigenvalue weighted by Crippen LogP contribution is -2.62. The van der Waals surface area contributed by atoms with Gasteiger partial charge in [0.1, 0.15) is 0 Å². The molecule has 8 rings (SSSR count). The highest BCUT2D eigenvalue weighted by atomic mass is 32.3. The molecular formula is C33H27BN2S. The molecule has 3 aliphatic rings. The van der Waals surface area contributed by atoms with Crippen molar-refractivity contribution in [2.24, 2.45) is 0 Å². The van der Waals surface area contributed by atoms with E-state index < -0.39 is 10.0 Å². The van der Waals surface area contributed by atoms with Crippen LogP contribution in [0, 0.1) is 6.92 Å². The van der Waals surface area contributed by atoms with Crippen LogP contribution in [-0.4, -0.2) is 19.4 Å². The van der Waals surface area contributed by atoms with Crippen molar-refractivity contribution in [2.45, 2.75) is 16.7 Å². The van der Waals surface area contributed by atoms with Gasteiger partial charge in [-0.1, -0.05) is 66.7 Å². The molecule has 0 aliphatic carbocycles. The summed E-state index contributed by atoms with van der Waals surface area (Å²) >= 11 is 0. The molecule has 0 N–H and O–H groups in total. The van der Waals surface area contributed by atoms with Gasteiger partial charge in [0.05, 0.1) is 0 Å². The van der Waals surface area contributed by atoms with Crippen molar-refractivity contribution in [1.82, 2.24) is 0 Å². The van der Waals surface area contributed by atoms with Crippen LogP contribution >= 0.6 is 10.0 Å². The van der Waals surface area contributed by atoms with E-state index in [1.165, 1.54) is 65.8 Å². The van der Waals surface area contributed by atoms with E-state index in [0.717, 1.165) is 0 Å². The molecule has 0 aromatic heterocycles. The molecule has 0 atom stereocenters. The van der Waals surface area contributed by atoms with E-state index in [0.29, 0.717) is 0 Å². The van der Waals surface area contributed by atoms with Gasteiger partial charge in [0.2, 0.25) is 0 Å². The van der Waals surface area contributed by atoms with Crippen LogP contribution in [0.25, 0.3) is 11.1 Å². The summed E-state index contributed by atoms with van der Waals surface area (Å²) in [6, 6.07) is 40.7. The lowest BCUT2D eigenvalue weighted by molar-refractivity contribution is 1.18. The van der Waals surface area contributed by atoms with Crippen molar-refractivity contribution in [3.63, 3.8) is 0 Å². The van der Waals surface area contributed by atoms with Crippen molar-refractivity contribution in [2.75, 3.05) is 22.2 Å². The Hall–Kier alpha value is -3.89. The van der Waals surface area contributed by atoms with Crippen molar-refractivity contribution >= 4 is 56.2 Å². The molecule has 178 valence electrons. The largest absolute Gasteiger partial charge is 0.375 e. The lowest BCUT2D eigenvalue weighted by atomic mass is 9.43. The Morgan fingerprint density at radius 1 is 0.622 bits per heavy atom. The van der Waals surface area contributed by atoms with Crippen LogP contribution in [-0.2, 0) is 0 Å². The molecule has 0 amide bonds. The number of benzene rings is 5. The molecular weight excluding hydrogens is 467 g/mol. The monoisotopic (exact) mass is 494 g/mol. The molecule has 0 saturated carbocycles. The standard InChI is InChI=1S/C33H27BN2S/c1-22-20-25-24-14-11-19-31-33(24)36(28-17-9-10-18-30(28)37(31,2)3)34-26-15-7-8-16-27(26)35(29(21-22)32(25)34)23-12-5-4-6-13-23/h4-21H,1-3H3. The average Bonchev–Trinajstić information content (AvgIpc) is 2.92. The summed E-state index contributed by atoms with van der Waals surface area (Å²) < 4.78 is 0. The number of hydrogen-bond donors (Lipinski definition) is 0. The van der Waals surface area contributed by atoms with Crippen LogP contribution in [0.4, 0.5) is 28.4 Å². The van der Waals surface area contributed by atoms with Crippen LogP contribution in [0.15, 0.2) is 119 Å². The van der Waals surface area contributed by atoms with Crippen LogP contribution in [0.5, 0.6) is 0 Å². The fourth-order valence-corrected chi connectivity index (χ4v) is 9.25. The van der Waals surface area contributed by atoms with E-state index in [-0.39, 0.29) is 6.85 Å². The minimum atomic E-state index is -1.15. The zero-order chi connectivity index (χ0) is 24.9. The highest BCUT2D eigenvalue weighted by Crippen LogP contribution is 2.68. The number of fused-ring (bicyclic) bond motifs is 6. The Morgan fingerprint density at radius 3 is 2.16 bits per heavy atom. The van der Waals surface area contributed by atoms with E-state index in [9.17, 15) is 0 Å². The molecule has 5 aromatic rings. The fraction of sp³-hybridized carbons (Fsp3) is 0.0909. The molecule has 5 aromatic carbocycles. The van der Waals surface area contributed by atoms with Gasteiger partial charge in [-0.3, -0.25) is 0 Å². The van der Waals surface area contributed by atoms with E-state index in [1.54, 1.807) is 0 Å². The summed E-state index contributed by atoms with van der Waals surface area (Å²) in [6.07, 6.45) is 4.92. The van der Waals surface area contributed by atoms with E-state index in [1.807, 2.05) is 0 Å². The van der Waals surface area contributed by atoms with E-state index in [4.69, 9.17) is 0 Å². The van der Waals surface area contributed by atoms with Gasteiger partial charge in [0, 0.05) is 43.8 Å². The van der Waals surface area contributed by atoms with Gasteiger partial charge in [-0.25, -0.2) is 0 Å². The van der Waals surface area contributed by atoms with Crippen molar-refractivity contribution < 1.29 is 0 Å². The van der Waals surface area contributed by atoms with Gasteiger partial charge in [-0.05, 0) is 84.0 Å². The van der Waals surface area contributed by atoms with Gasteiger partial charge in [0.25, 0.3) is 0 Å². The predicted octanol–water partition coefficient (Wildman–Crippen LogP) is 7.50. The average molecular weight is 494 g/mol. The van der Waals surface area contributed by atoms with Crippen LogP contribution < -0.4 is 20.6 Å². The first-order valence-corrected chi connectivity index (χ1v) is 15.3. The summed E-state index contributed by atoms with van der Waals surface area (Å²) in [5.74, 6) is 0. The van der Waals surface area contributed by atoms with Crippen molar-refractivity contribution in [3.05, 3.63) is 115 Å². The summed E-state index contributed by atoms with van der Waals surface area (Å²) in [7, 11) is -1.15. The molecule has 0 saturated heterocycles. The van der Waals surface area contributed by atoms with Crippen LogP contribution in [0.2, 0.25) is 0 Å². The molecule has 0 fully saturated rings. The number of para-hydroxylation sites is 4. The summed E-state index contributed by atoms with van der Waals surface area (Å²) in [6.45, 7) is 2.36. The van der Waals surface area contributed by atoms with Gasteiger partial charge in [-0.15, -0.1) is 0 Å². The molecule has 0 radical (unpaired) electrons. The lowest BCUT2D eigenvalue weighted by Gasteiger charge is -2.52. The van der Waals surface area contributed by atoms with Gasteiger partial charge >= 0.3 is 6.85 Å². The topological polar surface area (TPSA) is 6.48 Å². The predicted molar refractivity (Wildman–Crippen MR) is 161 cm³/mol. The second kappa shape index (κ2) is 7.33. The third-order valence-electron chi connectivity index (χ3n) is 8.32.